The predicted octanol–water partition coefficient (Wildman–Crippen LogP) is 2.74. The van der Waals surface area contributed by atoms with E-state index < -0.39 is 0 Å². The minimum absolute atomic E-state index is 0. The second-order valence-electron chi connectivity index (χ2n) is 6.56. The Balaban J connectivity index is -0.00000128. The first-order valence-electron chi connectivity index (χ1n) is 7.78. The van der Waals surface area contributed by atoms with Crippen LogP contribution in [0.3, 0.4) is 0 Å². The van der Waals surface area contributed by atoms with Crippen LogP contribution < -0.4 is 12.4 Å². The summed E-state index contributed by atoms with van der Waals surface area (Å²) >= 11 is 0. The normalized spacial score (nSPS) is 16.7. The summed E-state index contributed by atoms with van der Waals surface area (Å²) in [6, 6.07) is 0. The van der Waals surface area contributed by atoms with Crippen LogP contribution in [0.1, 0.15) is 79.6 Å². The maximum absolute atomic E-state index is 3.95. The topological polar surface area (TPSA) is 0 Å². The zero-order valence-electron chi connectivity index (χ0n) is 14.1. The average molecular weight is 299 g/mol. The summed E-state index contributed by atoms with van der Waals surface area (Å²) in [4.78, 5) is 0. The van der Waals surface area contributed by atoms with E-state index in [1.54, 1.807) is 0 Å². The Morgan fingerprint density at radius 2 is 1.11 bits per heavy atom. The van der Waals surface area contributed by atoms with Crippen LogP contribution in [0.2, 0.25) is 0 Å². The summed E-state index contributed by atoms with van der Waals surface area (Å²) in [5, 5.41) is 0. The molecule has 0 bridgehead atoms. The van der Waals surface area contributed by atoms with Gasteiger partial charge in [-0.3, -0.25) is 0 Å². The molecule has 4 unspecified atom stereocenters. The van der Waals surface area contributed by atoms with Crippen LogP contribution >= 0.6 is 0 Å². The second kappa shape index (κ2) is 15.4. The van der Waals surface area contributed by atoms with Crippen LogP contribution in [0.15, 0.2) is 0 Å². The summed E-state index contributed by atoms with van der Waals surface area (Å²) < 4.78 is 0. The number of halogens is 1. The SMILES string of the molecule is [CH2-]CCC(C)CC(C)CC(C)CC(C)CCC.[Cl-].[Mg+2]. The van der Waals surface area contributed by atoms with E-state index in [2.05, 4.69) is 41.5 Å². The summed E-state index contributed by atoms with van der Waals surface area (Å²) in [5.41, 5.74) is 0. The molecule has 0 rings (SSSR count). The molecule has 0 aromatic carbocycles. The molecule has 0 aliphatic carbocycles. The van der Waals surface area contributed by atoms with Crippen molar-refractivity contribution in [3.05, 3.63) is 6.92 Å². The maximum atomic E-state index is 3.95. The Bertz CT molecular complexity index is 155. The first-order chi connectivity index (χ1) is 7.99. The van der Waals surface area contributed by atoms with E-state index in [1.165, 1.54) is 38.5 Å². The molecule has 0 aliphatic rings. The fourth-order valence-electron chi connectivity index (χ4n) is 3.33. The van der Waals surface area contributed by atoms with E-state index in [0.29, 0.717) is 0 Å². The van der Waals surface area contributed by atoms with Crippen molar-refractivity contribution in [3.8, 4) is 0 Å². The Morgan fingerprint density at radius 1 is 0.737 bits per heavy atom. The van der Waals surface area contributed by atoms with Crippen molar-refractivity contribution in [1.82, 2.24) is 0 Å². The van der Waals surface area contributed by atoms with E-state index in [1.807, 2.05) is 0 Å². The second-order valence-corrected chi connectivity index (χ2v) is 6.56. The van der Waals surface area contributed by atoms with Crippen LogP contribution in [0, 0.1) is 30.6 Å². The minimum atomic E-state index is 0. The van der Waals surface area contributed by atoms with Crippen LogP contribution in [-0.4, -0.2) is 23.1 Å². The average Bonchev–Trinajstić information content (AvgIpc) is 2.16. The van der Waals surface area contributed by atoms with Gasteiger partial charge in [0.15, 0.2) is 0 Å². The first-order valence-corrected chi connectivity index (χ1v) is 7.78. The summed E-state index contributed by atoms with van der Waals surface area (Å²) in [5.74, 6) is 3.57. The number of hydrogen-bond acceptors (Lipinski definition) is 0. The van der Waals surface area contributed by atoms with Crippen molar-refractivity contribution >= 4 is 23.1 Å². The van der Waals surface area contributed by atoms with Crippen molar-refractivity contribution in [2.24, 2.45) is 23.7 Å². The molecule has 0 radical (unpaired) electrons. The van der Waals surface area contributed by atoms with Crippen LogP contribution in [0.25, 0.3) is 0 Å². The van der Waals surface area contributed by atoms with Crippen molar-refractivity contribution in [2.45, 2.75) is 79.6 Å². The molecule has 0 nitrogen and oxygen atoms in total. The Kier molecular flexibility index (Phi) is 20.4. The minimum Gasteiger partial charge on any atom is -1.00 e. The van der Waals surface area contributed by atoms with Crippen molar-refractivity contribution in [3.63, 3.8) is 0 Å². The largest absolute Gasteiger partial charge is 2.00 e. The molecule has 0 aliphatic heterocycles. The van der Waals surface area contributed by atoms with Gasteiger partial charge in [-0.05, 0) is 42.9 Å². The van der Waals surface area contributed by atoms with Gasteiger partial charge in [0, 0.05) is 0 Å². The van der Waals surface area contributed by atoms with E-state index in [4.69, 9.17) is 0 Å². The van der Waals surface area contributed by atoms with Gasteiger partial charge < -0.3 is 19.3 Å². The van der Waals surface area contributed by atoms with Crippen LogP contribution in [0.5, 0.6) is 0 Å². The third-order valence-corrected chi connectivity index (χ3v) is 3.89. The molecule has 0 spiro atoms. The Hall–Kier alpha value is 1.06. The van der Waals surface area contributed by atoms with Crippen LogP contribution in [0.4, 0.5) is 0 Å². The summed E-state index contributed by atoms with van der Waals surface area (Å²) in [6.45, 7) is 15.9. The van der Waals surface area contributed by atoms with Gasteiger partial charge in [-0.15, -0.1) is 0 Å². The van der Waals surface area contributed by atoms with E-state index in [-0.39, 0.29) is 35.5 Å². The predicted molar refractivity (Wildman–Crippen MR) is 85.8 cm³/mol. The van der Waals surface area contributed by atoms with Crippen molar-refractivity contribution in [2.75, 3.05) is 0 Å². The molecule has 4 atom stereocenters. The maximum Gasteiger partial charge on any atom is 2.00 e. The first kappa shape index (κ1) is 25.0. The van der Waals surface area contributed by atoms with Crippen LogP contribution in [-0.2, 0) is 0 Å². The Labute approximate surface area is 145 Å². The monoisotopic (exact) mass is 298 g/mol. The molecule has 0 aromatic heterocycles. The van der Waals surface area contributed by atoms with Gasteiger partial charge in [0.25, 0.3) is 0 Å². The molecule has 19 heavy (non-hydrogen) atoms. The van der Waals surface area contributed by atoms with Gasteiger partial charge in [0.05, 0.1) is 0 Å². The van der Waals surface area contributed by atoms with Gasteiger partial charge in [0.1, 0.15) is 0 Å². The number of rotatable bonds is 10. The molecule has 0 N–H and O–H groups in total. The Morgan fingerprint density at radius 3 is 1.47 bits per heavy atom. The standard InChI is InChI=1S/C17H35.ClH.Mg/c1-7-9-14(3)11-16(5)13-17(6)12-15(4)10-8-2;;/h14-17H,1,7-13H2,2-6H3;1H;/q-1;;+2/p-1. The molecular weight excluding hydrogens is 264 g/mol. The van der Waals surface area contributed by atoms with Crippen molar-refractivity contribution in [1.29, 1.82) is 0 Å². The van der Waals surface area contributed by atoms with Gasteiger partial charge in [-0.1, -0.05) is 53.9 Å². The number of hydrogen-bond donors (Lipinski definition) is 0. The van der Waals surface area contributed by atoms with Gasteiger partial charge in [-0.25, -0.2) is 0 Å². The quantitative estimate of drug-likeness (QED) is 0.430. The van der Waals surface area contributed by atoms with Crippen molar-refractivity contribution < 1.29 is 12.4 Å². The van der Waals surface area contributed by atoms with E-state index in [9.17, 15) is 0 Å². The third kappa shape index (κ3) is 15.3. The van der Waals surface area contributed by atoms with Gasteiger partial charge in [-0.2, -0.15) is 6.42 Å². The molecule has 0 amide bonds. The van der Waals surface area contributed by atoms with E-state index in [0.717, 1.165) is 30.1 Å². The van der Waals surface area contributed by atoms with Gasteiger partial charge >= 0.3 is 23.1 Å². The fourth-order valence-corrected chi connectivity index (χ4v) is 3.33. The zero-order chi connectivity index (χ0) is 13.3. The fraction of sp³-hybridized carbons (Fsp3) is 0.941. The molecule has 2 heteroatoms. The third-order valence-electron chi connectivity index (χ3n) is 3.89. The van der Waals surface area contributed by atoms with E-state index >= 15 is 0 Å². The zero-order valence-corrected chi connectivity index (χ0v) is 16.2. The smallest absolute Gasteiger partial charge is 1.00 e. The molecule has 0 saturated carbocycles. The molecule has 0 heterocycles. The molecule has 112 valence electrons. The summed E-state index contributed by atoms with van der Waals surface area (Å²) in [6.07, 6.45) is 9.35. The molecule has 0 aromatic rings. The van der Waals surface area contributed by atoms with Gasteiger partial charge in [0.2, 0.25) is 0 Å². The summed E-state index contributed by atoms with van der Waals surface area (Å²) in [7, 11) is 0. The molecule has 0 saturated heterocycles. The molecule has 0 fully saturated rings. The molecular formula is C17H35ClMg.